The van der Waals surface area contributed by atoms with Gasteiger partial charge in [-0.25, -0.2) is 4.39 Å². The smallest absolute Gasteiger partial charge is 0.127 e. The Balaban J connectivity index is 2.70. The summed E-state index contributed by atoms with van der Waals surface area (Å²) < 4.78 is 13.2. The van der Waals surface area contributed by atoms with Crippen molar-refractivity contribution in [3.05, 3.63) is 35.1 Å². The lowest BCUT2D eigenvalue weighted by molar-refractivity contribution is 0.586. The average Bonchev–Trinajstić information content (AvgIpc) is 2.21. The highest BCUT2D eigenvalue weighted by atomic mass is 19.1. The maximum absolute atomic E-state index is 13.2. The molecule has 0 aliphatic carbocycles. The lowest BCUT2D eigenvalue weighted by Crippen LogP contribution is -2.14. The van der Waals surface area contributed by atoms with Gasteiger partial charge in [0.15, 0.2) is 0 Å². The van der Waals surface area contributed by atoms with Gasteiger partial charge in [0.1, 0.15) is 5.82 Å². The maximum Gasteiger partial charge on any atom is 0.127 e. The molecule has 0 saturated heterocycles. The number of benzene rings is 1. The van der Waals surface area contributed by atoms with Gasteiger partial charge in [-0.1, -0.05) is 6.92 Å². The van der Waals surface area contributed by atoms with Crippen molar-refractivity contribution in [2.45, 2.75) is 19.9 Å². The first-order valence-electron chi connectivity index (χ1n) is 4.67. The van der Waals surface area contributed by atoms with Crippen LogP contribution in [-0.4, -0.2) is 6.54 Å². The Morgan fingerprint density at radius 3 is 2.93 bits per heavy atom. The second-order valence-electron chi connectivity index (χ2n) is 3.09. The van der Waals surface area contributed by atoms with Crippen LogP contribution in [-0.2, 0) is 6.54 Å². The number of halogens is 1. The van der Waals surface area contributed by atoms with Crippen molar-refractivity contribution in [2.75, 3.05) is 6.54 Å². The number of nitriles is 1. The van der Waals surface area contributed by atoms with E-state index in [0.717, 1.165) is 13.0 Å². The van der Waals surface area contributed by atoms with Crippen molar-refractivity contribution in [1.29, 1.82) is 5.26 Å². The van der Waals surface area contributed by atoms with Gasteiger partial charge < -0.3 is 5.32 Å². The quantitative estimate of drug-likeness (QED) is 0.742. The Bertz CT molecular complexity index is 342. The number of nitrogens with one attached hydrogen (secondary N) is 1. The van der Waals surface area contributed by atoms with E-state index in [9.17, 15) is 4.39 Å². The Labute approximate surface area is 83.4 Å². The zero-order valence-corrected chi connectivity index (χ0v) is 8.18. The van der Waals surface area contributed by atoms with Gasteiger partial charge in [0.2, 0.25) is 0 Å². The molecular weight excluding hydrogens is 179 g/mol. The Kier molecular flexibility index (Phi) is 4.09. The highest BCUT2D eigenvalue weighted by Gasteiger charge is 2.02. The summed E-state index contributed by atoms with van der Waals surface area (Å²) in [5.41, 5.74) is 1.05. The molecule has 14 heavy (non-hydrogen) atoms. The standard InChI is InChI=1S/C11H13FN2/c1-2-5-14-8-10-6-9(7-13)3-4-11(10)12/h3-4,6,14H,2,5,8H2,1H3. The van der Waals surface area contributed by atoms with E-state index < -0.39 is 0 Å². The number of hydrogen-bond donors (Lipinski definition) is 1. The molecule has 0 amide bonds. The van der Waals surface area contributed by atoms with Crippen LogP contribution in [0.15, 0.2) is 18.2 Å². The molecule has 0 spiro atoms. The summed E-state index contributed by atoms with van der Waals surface area (Å²) in [6.45, 7) is 3.39. The van der Waals surface area contributed by atoms with Gasteiger partial charge in [-0.15, -0.1) is 0 Å². The van der Waals surface area contributed by atoms with Crippen molar-refractivity contribution < 1.29 is 4.39 Å². The van der Waals surface area contributed by atoms with Crippen LogP contribution in [0, 0.1) is 17.1 Å². The predicted octanol–water partition coefficient (Wildman–Crippen LogP) is 2.20. The van der Waals surface area contributed by atoms with Crippen LogP contribution in [0.2, 0.25) is 0 Å². The molecule has 0 radical (unpaired) electrons. The van der Waals surface area contributed by atoms with E-state index in [0.29, 0.717) is 17.7 Å². The number of hydrogen-bond acceptors (Lipinski definition) is 2. The summed E-state index contributed by atoms with van der Waals surface area (Å²) in [6.07, 6.45) is 1.01. The molecule has 1 aromatic rings. The van der Waals surface area contributed by atoms with E-state index in [1.165, 1.54) is 12.1 Å². The molecule has 0 bridgehead atoms. The minimum atomic E-state index is -0.257. The van der Waals surface area contributed by atoms with Crippen LogP contribution in [0.25, 0.3) is 0 Å². The van der Waals surface area contributed by atoms with Crippen LogP contribution in [0.1, 0.15) is 24.5 Å². The van der Waals surface area contributed by atoms with Crippen LogP contribution < -0.4 is 5.32 Å². The molecule has 3 heteroatoms. The molecule has 1 rings (SSSR count). The van der Waals surface area contributed by atoms with E-state index in [-0.39, 0.29) is 5.82 Å². The zero-order chi connectivity index (χ0) is 10.4. The van der Waals surface area contributed by atoms with Crippen LogP contribution >= 0.6 is 0 Å². The maximum atomic E-state index is 13.2. The third kappa shape index (κ3) is 2.82. The largest absolute Gasteiger partial charge is 0.313 e. The van der Waals surface area contributed by atoms with Gasteiger partial charge in [0.25, 0.3) is 0 Å². The van der Waals surface area contributed by atoms with Crippen molar-refractivity contribution in [3.63, 3.8) is 0 Å². The fourth-order valence-corrected chi connectivity index (χ4v) is 1.18. The highest BCUT2D eigenvalue weighted by molar-refractivity contribution is 5.33. The minimum absolute atomic E-state index is 0.257. The Morgan fingerprint density at radius 1 is 1.50 bits per heavy atom. The SMILES string of the molecule is CCCNCc1cc(C#N)ccc1F. The molecule has 0 heterocycles. The number of rotatable bonds is 4. The monoisotopic (exact) mass is 192 g/mol. The summed E-state index contributed by atoms with van der Waals surface area (Å²) >= 11 is 0. The Hall–Kier alpha value is -1.40. The molecule has 1 aromatic carbocycles. The second-order valence-corrected chi connectivity index (χ2v) is 3.09. The van der Waals surface area contributed by atoms with Crippen molar-refractivity contribution in [2.24, 2.45) is 0 Å². The first-order chi connectivity index (χ1) is 6.77. The average molecular weight is 192 g/mol. The van der Waals surface area contributed by atoms with E-state index in [4.69, 9.17) is 5.26 Å². The van der Waals surface area contributed by atoms with Crippen LogP contribution in [0.3, 0.4) is 0 Å². The summed E-state index contributed by atoms with van der Waals surface area (Å²) in [7, 11) is 0. The van der Waals surface area contributed by atoms with Crippen LogP contribution in [0.4, 0.5) is 4.39 Å². The first-order valence-corrected chi connectivity index (χ1v) is 4.67. The third-order valence-electron chi connectivity index (χ3n) is 1.92. The fraction of sp³-hybridized carbons (Fsp3) is 0.364. The lowest BCUT2D eigenvalue weighted by atomic mass is 10.1. The molecule has 74 valence electrons. The molecule has 0 aliphatic heterocycles. The number of nitrogens with zero attached hydrogens (tertiary/aromatic N) is 1. The zero-order valence-electron chi connectivity index (χ0n) is 8.18. The van der Waals surface area contributed by atoms with E-state index in [2.05, 4.69) is 12.2 Å². The van der Waals surface area contributed by atoms with Crippen molar-refractivity contribution in [1.82, 2.24) is 5.32 Å². The Morgan fingerprint density at radius 2 is 2.29 bits per heavy atom. The van der Waals surface area contributed by atoms with Crippen molar-refractivity contribution in [3.8, 4) is 6.07 Å². The van der Waals surface area contributed by atoms with Gasteiger partial charge in [0, 0.05) is 12.1 Å². The van der Waals surface area contributed by atoms with Gasteiger partial charge in [-0.05, 0) is 31.2 Å². The normalized spacial score (nSPS) is 9.79. The summed E-state index contributed by atoms with van der Waals surface area (Å²) in [5, 5.41) is 11.7. The van der Waals surface area contributed by atoms with Gasteiger partial charge in [-0.2, -0.15) is 5.26 Å². The minimum Gasteiger partial charge on any atom is -0.313 e. The molecular formula is C11H13FN2. The van der Waals surface area contributed by atoms with E-state index in [1.807, 2.05) is 6.07 Å². The summed E-state index contributed by atoms with van der Waals surface area (Å²) in [4.78, 5) is 0. The lowest BCUT2D eigenvalue weighted by Gasteiger charge is -2.04. The van der Waals surface area contributed by atoms with Gasteiger partial charge in [-0.3, -0.25) is 0 Å². The van der Waals surface area contributed by atoms with E-state index in [1.54, 1.807) is 6.07 Å². The highest BCUT2D eigenvalue weighted by Crippen LogP contribution is 2.09. The van der Waals surface area contributed by atoms with Gasteiger partial charge >= 0.3 is 0 Å². The molecule has 1 N–H and O–H groups in total. The molecule has 0 fully saturated rings. The van der Waals surface area contributed by atoms with Crippen molar-refractivity contribution >= 4 is 0 Å². The molecule has 0 atom stereocenters. The summed E-state index contributed by atoms with van der Waals surface area (Å²) in [5.74, 6) is -0.257. The van der Waals surface area contributed by atoms with Crippen LogP contribution in [0.5, 0.6) is 0 Å². The third-order valence-corrected chi connectivity index (χ3v) is 1.92. The molecule has 0 aromatic heterocycles. The molecule has 0 saturated carbocycles. The predicted molar refractivity (Wildman–Crippen MR) is 53.1 cm³/mol. The summed E-state index contributed by atoms with van der Waals surface area (Å²) in [6, 6.07) is 6.39. The van der Waals surface area contributed by atoms with Gasteiger partial charge in [0.05, 0.1) is 11.6 Å². The van der Waals surface area contributed by atoms with E-state index >= 15 is 0 Å². The fourth-order valence-electron chi connectivity index (χ4n) is 1.18. The topological polar surface area (TPSA) is 35.8 Å². The molecule has 0 unspecified atom stereocenters. The molecule has 2 nitrogen and oxygen atoms in total. The first kappa shape index (κ1) is 10.7. The molecule has 0 aliphatic rings. The second kappa shape index (κ2) is 5.36.